The molecule has 126 valence electrons. The predicted octanol–water partition coefficient (Wildman–Crippen LogP) is 2.75. The summed E-state index contributed by atoms with van der Waals surface area (Å²) in [5, 5.41) is 3.27. The summed E-state index contributed by atoms with van der Waals surface area (Å²) >= 11 is 0. The van der Waals surface area contributed by atoms with Crippen LogP contribution in [0.5, 0.6) is 0 Å². The maximum atomic E-state index is 11.7. The van der Waals surface area contributed by atoms with Crippen molar-refractivity contribution in [1.29, 1.82) is 0 Å². The molecule has 1 aromatic heterocycles. The molecular weight excluding hydrogens is 300 g/mol. The number of aromatic nitrogens is 2. The molecule has 3 rings (SSSR count). The van der Waals surface area contributed by atoms with Gasteiger partial charge in [-0.3, -0.25) is 9.69 Å². The third-order valence-corrected chi connectivity index (χ3v) is 4.32. The van der Waals surface area contributed by atoms with Crippen LogP contribution in [0.1, 0.15) is 25.3 Å². The molecule has 0 unspecified atom stereocenters. The van der Waals surface area contributed by atoms with Crippen LogP contribution >= 0.6 is 0 Å². The van der Waals surface area contributed by atoms with Gasteiger partial charge in [0.25, 0.3) is 5.56 Å². The average Bonchev–Trinajstić information content (AvgIpc) is 2.59. The maximum absolute atomic E-state index is 11.7. The quantitative estimate of drug-likeness (QED) is 0.888. The SMILES string of the molecule is C/C(=C\c1ccccc1)CN1CCC(Nc2ncc[nH]c2=O)CC1. The van der Waals surface area contributed by atoms with Crippen LogP contribution in [-0.4, -0.2) is 40.5 Å². The summed E-state index contributed by atoms with van der Waals surface area (Å²) in [4.78, 5) is 20.9. The van der Waals surface area contributed by atoms with Crippen LogP contribution in [0.3, 0.4) is 0 Å². The Kier molecular flexibility index (Phi) is 5.43. The summed E-state index contributed by atoms with van der Waals surface area (Å²) in [6.45, 7) is 5.24. The second kappa shape index (κ2) is 7.93. The third kappa shape index (κ3) is 4.55. The molecule has 24 heavy (non-hydrogen) atoms. The van der Waals surface area contributed by atoms with Gasteiger partial charge in [-0.25, -0.2) is 4.98 Å². The smallest absolute Gasteiger partial charge is 0.290 e. The van der Waals surface area contributed by atoms with Crippen LogP contribution in [-0.2, 0) is 0 Å². The number of hydrogen-bond acceptors (Lipinski definition) is 4. The lowest BCUT2D eigenvalue weighted by atomic mass is 10.0. The van der Waals surface area contributed by atoms with E-state index in [-0.39, 0.29) is 5.56 Å². The molecule has 5 nitrogen and oxygen atoms in total. The van der Waals surface area contributed by atoms with E-state index in [0.29, 0.717) is 11.9 Å². The van der Waals surface area contributed by atoms with Gasteiger partial charge in [-0.05, 0) is 25.3 Å². The molecule has 1 fully saturated rings. The molecule has 0 radical (unpaired) electrons. The van der Waals surface area contributed by atoms with Crippen molar-refractivity contribution in [3.63, 3.8) is 0 Å². The van der Waals surface area contributed by atoms with E-state index in [1.165, 1.54) is 11.1 Å². The molecule has 1 saturated heterocycles. The fourth-order valence-electron chi connectivity index (χ4n) is 3.12. The van der Waals surface area contributed by atoms with Gasteiger partial charge in [-0.1, -0.05) is 42.0 Å². The fraction of sp³-hybridized carbons (Fsp3) is 0.368. The van der Waals surface area contributed by atoms with Gasteiger partial charge < -0.3 is 10.3 Å². The topological polar surface area (TPSA) is 61.0 Å². The first-order valence-corrected chi connectivity index (χ1v) is 8.45. The normalized spacial score (nSPS) is 17.0. The van der Waals surface area contributed by atoms with Crippen molar-refractivity contribution in [1.82, 2.24) is 14.9 Å². The zero-order valence-corrected chi connectivity index (χ0v) is 14.0. The molecule has 0 amide bonds. The number of rotatable bonds is 5. The van der Waals surface area contributed by atoms with E-state index in [1.54, 1.807) is 12.4 Å². The highest BCUT2D eigenvalue weighted by Gasteiger charge is 2.20. The minimum atomic E-state index is -0.151. The van der Waals surface area contributed by atoms with E-state index in [4.69, 9.17) is 0 Å². The van der Waals surface area contributed by atoms with E-state index < -0.39 is 0 Å². The second-order valence-electron chi connectivity index (χ2n) is 6.36. The van der Waals surface area contributed by atoms with E-state index in [2.05, 4.69) is 57.4 Å². The van der Waals surface area contributed by atoms with Gasteiger partial charge in [-0.15, -0.1) is 0 Å². The van der Waals surface area contributed by atoms with E-state index in [1.807, 2.05) is 6.07 Å². The molecule has 0 atom stereocenters. The Hall–Kier alpha value is -2.40. The highest BCUT2D eigenvalue weighted by molar-refractivity contribution is 5.52. The molecule has 0 aliphatic carbocycles. The zero-order valence-electron chi connectivity index (χ0n) is 14.0. The number of piperidine rings is 1. The fourth-order valence-corrected chi connectivity index (χ4v) is 3.12. The van der Waals surface area contributed by atoms with Crippen LogP contribution in [0.4, 0.5) is 5.82 Å². The van der Waals surface area contributed by atoms with Crippen molar-refractivity contribution in [2.75, 3.05) is 25.0 Å². The Morgan fingerprint density at radius 1 is 1.33 bits per heavy atom. The molecule has 2 aromatic rings. The van der Waals surface area contributed by atoms with Crippen molar-refractivity contribution in [3.8, 4) is 0 Å². The van der Waals surface area contributed by atoms with E-state index >= 15 is 0 Å². The molecule has 1 aliphatic rings. The van der Waals surface area contributed by atoms with Gasteiger partial charge >= 0.3 is 0 Å². The molecule has 2 N–H and O–H groups in total. The number of benzene rings is 1. The third-order valence-electron chi connectivity index (χ3n) is 4.32. The number of likely N-dealkylation sites (tertiary alicyclic amines) is 1. The van der Waals surface area contributed by atoms with E-state index in [0.717, 1.165) is 32.5 Å². The molecular formula is C19H24N4O. The van der Waals surface area contributed by atoms with Crippen molar-refractivity contribution in [2.45, 2.75) is 25.8 Å². The lowest BCUT2D eigenvalue weighted by molar-refractivity contribution is 0.236. The first kappa shape index (κ1) is 16.5. The summed E-state index contributed by atoms with van der Waals surface area (Å²) in [6.07, 6.45) is 7.45. The van der Waals surface area contributed by atoms with Gasteiger partial charge in [0.15, 0.2) is 5.82 Å². The van der Waals surface area contributed by atoms with Crippen LogP contribution in [0, 0.1) is 0 Å². The minimum absolute atomic E-state index is 0.151. The Labute approximate surface area is 142 Å². The maximum Gasteiger partial charge on any atom is 0.290 e. The lowest BCUT2D eigenvalue weighted by Crippen LogP contribution is -2.40. The Balaban J connectivity index is 1.49. The Morgan fingerprint density at radius 2 is 2.08 bits per heavy atom. The first-order valence-electron chi connectivity index (χ1n) is 8.45. The number of hydrogen-bond donors (Lipinski definition) is 2. The highest BCUT2D eigenvalue weighted by atomic mass is 16.1. The van der Waals surface area contributed by atoms with Crippen molar-refractivity contribution in [3.05, 3.63) is 64.2 Å². The van der Waals surface area contributed by atoms with Gasteiger partial charge in [0.05, 0.1) is 0 Å². The monoisotopic (exact) mass is 324 g/mol. The summed E-state index contributed by atoms with van der Waals surface area (Å²) in [5.41, 5.74) is 2.47. The van der Waals surface area contributed by atoms with E-state index in [9.17, 15) is 4.79 Å². The van der Waals surface area contributed by atoms with Gasteiger partial charge in [0.2, 0.25) is 0 Å². The van der Waals surface area contributed by atoms with Crippen molar-refractivity contribution in [2.24, 2.45) is 0 Å². The second-order valence-corrected chi connectivity index (χ2v) is 6.36. The Bertz CT molecular complexity index is 730. The minimum Gasteiger partial charge on any atom is -0.363 e. The summed E-state index contributed by atoms with van der Waals surface area (Å²) in [5.74, 6) is 0.427. The molecule has 1 aromatic carbocycles. The van der Waals surface area contributed by atoms with Crippen LogP contribution in [0.25, 0.3) is 6.08 Å². The van der Waals surface area contributed by atoms with Crippen LogP contribution < -0.4 is 10.9 Å². The van der Waals surface area contributed by atoms with Gasteiger partial charge in [0, 0.05) is 38.1 Å². The number of H-pyrrole nitrogens is 1. The largest absolute Gasteiger partial charge is 0.363 e. The molecule has 0 spiro atoms. The molecule has 2 heterocycles. The Morgan fingerprint density at radius 3 is 2.79 bits per heavy atom. The van der Waals surface area contributed by atoms with Crippen LogP contribution in [0.15, 0.2) is 53.1 Å². The average molecular weight is 324 g/mol. The summed E-state index contributed by atoms with van der Waals surface area (Å²) < 4.78 is 0. The van der Waals surface area contributed by atoms with Crippen molar-refractivity contribution < 1.29 is 0 Å². The summed E-state index contributed by atoms with van der Waals surface area (Å²) in [6, 6.07) is 10.7. The summed E-state index contributed by atoms with van der Waals surface area (Å²) in [7, 11) is 0. The molecule has 0 bridgehead atoms. The molecule has 0 saturated carbocycles. The number of nitrogens with one attached hydrogen (secondary N) is 2. The number of nitrogens with zero attached hydrogens (tertiary/aromatic N) is 2. The number of anilines is 1. The van der Waals surface area contributed by atoms with Crippen molar-refractivity contribution >= 4 is 11.9 Å². The zero-order chi connectivity index (χ0) is 16.8. The van der Waals surface area contributed by atoms with Gasteiger partial charge in [-0.2, -0.15) is 0 Å². The van der Waals surface area contributed by atoms with Crippen LogP contribution in [0.2, 0.25) is 0 Å². The molecule has 1 aliphatic heterocycles. The first-order chi connectivity index (χ1) is 11.7. The van der Waals surface area contributed by atoms with Gasteiger partial charge in [0.1, 0.15) is 0 Å². The standard InChI is InChI=1S/C19H24N4O/c1-15(13-16-5-3-2-4-6-16)14-23-11-7-17(8-12-23)22-18-19(24)21-10-9-20-18/h2-6,9-10,13,17H,7-8,11-12,14H2,1H3,(H,20,22)(H,21,24)/b15-13+. The highest BCUT2D eigenvalue weighted by Crippen LogP contribution is 2.15. The number of aromatic amines is 1. The predicted molar refractivity (Wildman–Crippen MR) is 98.0 cm³/mol. The lowest BCUT2D eigenvalue weighted by Gasteiger charge is -2.32. The molecule has 5 heteroatoms.